The maximum atomic E-state index is 13.2. The van der Waals surface area contributed by atoms with Gasteiger partial charge in [-0.2, -0.15) is 0 Å². The SMILES string of the molecule is CO[C@H]1O[C@H](CNS(=O)(=O)c2ccc(C)cc2)[C@H](O[C@@H]2O[C@](C)(OC(C)=O)[C@H](OC(C)=O)[C@@H](OC(C)=O)[C@H]2OC(C)=O)[C@H](OC)[C@H]1OC. The first-order valence-electron chi connectivity index (χ1n) is 14.8. The number of carbonyl (C=O) groups excluding carboxylic acids is 4. The van der Waals surface area contributed by atoms with E-state index in [0.717, 1.165) is 33.3 Å². The van der Waals surface area contributed by atoms with E-state index in [9.17, 15) is 27.6 Å². The second kappa shape index (κ2) is 16.4. The van der Waals surface area contributed by atoms with E-state index in [0.29, 0.717) is 0 Å². The number of hydrogen-bond donors (Lipinski definition) is 1. The third-order valence-electron chi connectivity index (χ3n) is 7.47. The summed E-state index contributed by atoms with van der Waals surface area (Å²) in [7, 11) is -0.0128. The van der Waals surface area contributed by atoms with Crippen LogP contribution in [0, 0.1) is 6.92 Å². The van der Waals surface area contributed by atoms with E-state index < -0.39 is 102 Å². The van der Waals surface area contributed by atoms with Crippen molar-refractivity contribution in [1.82, 2.24) is 4.72 Å². The summed E-state index contributed by atoms with van der Waals surface area (Å²) in [5.41, 5.74) is 0.855. The van der Waals surface area contributed by atoms with Crippen molar-refractivity contribution in [2.75, 3.05) is 27.9 Å². The van der Waals surface area contributed by atoms with Crippen LogP contribution in [-0.4, -0.2) is 121 Å². The molecule has 1 aromatic carbocycles. The van der Waals surface area contributed by atoms with Gasteiger partial charge < -0.3 is 47.4 Å². The van der Waals surface area contributed by atoms with Crippen molar-refractivity contribution in [2.45, 2.75) is 108 Å². The van der Waals surface area contributed by atoms with Crippen molar-refractivity contribution in [1.29, 1.82) is 0 Å². The normalized spacial score (nSPS) is 32.1. The van der Waals surface area contributed by atoms with Crippen LogP contribution in [0.2, 0.25) is 0 Å². The topological polar surface area (TPSA) is 207 Å². The first-order chi connectivity index (χ1) is 22.5. The number of methoxy groups -OCH3 is 3. The molecule has 48 heavy (non-hydrogen) atoms. The minimum absolute atomic E-state index is 0.00819. The molecule has 3 rings (SSSR count). The molecule has 2 heterocycles. The van der Waals surface area contributed by atoms with E-state index in [1.165, 1.54) is 40.4 Å². The Morgan fingerprint density at radius 2 is 1.31 bits per heavy atom. The molecule has 0 unspecified atom stereocenters. The van der Waals surface area contributed by atoms with Crippen molar-refractivity contribution in [3.63, 3.8) is 0 Å². The highest BCUT2D eigenvalue weighted by Gasteiger charge is 2.62. The first kappa shape index (κ1) is 39.2. The third kappa shape index (κ3) is 9.47. The molecule has 18 heteroatoms. The zero-order chi connectivity index (χ0) is 36.0. The van der Waals surface area contributed by atoms with E-state index in [2.05, 4.69) is 4.72 Å². The Morgan fingerprint density at radius 1 is 0.750 bits per heavy atom. The van der Waals surface area contributed by atoms with E-state index in [1.807, 2.05) is 6.92 Å². The molecule has 0 amide bonds. The molecule has 2 fully saturated rings. The largest absolute Gasteiger partial charge is 0.454 e. The lowest BCUT2D eigenvalue weighted by Gasteiger charge is -2.51. The number of sulfonamides is 1. The standard InChI is InChI=1S/C30H43NO16S/c1-15-10-12-20(13-11-15)48(36,37)31-14-21-22(23(38-7)25(39-8)28(40-9)44-21)45-29-26(42-17(3)33)24(41-16(2)32)27(43-18(4)34)30(6,47-29)46-19(5)35/h10-13,21-29,31H,14H2,1-9H3/t21-,22+,23+,24+,25-,26-,27-,28+,29-,30+/m1/s1. The minimum Gasteiger partial charge on any atom is -0.454 e. The van der Waals surface area contributed by atoms with E-state index in [1.54, 1.807) is 12.1 Å². The lowest BCUT2D eigenvalue weighted by molar-refractivity contribution is -0.406. The molecule has 270 valence electrons. The van der Waals surface area contributed by atoms with Crippen LogP contribution in [0.25, 0.3) is 0 Å². The Bertz CT molecular complexity index is 1400. The van der Waals surface area contributed by atoms with Crippen LogP contribution < -0.4 is 4.72 Å². The molecule has 0 radical (unpaired) electrons. The van der Waals surface area contributed by atoms with Gasteiger partial charge in [-0.3, -0.25) is 19.2 Å². The number of aryl methyl sites for hydroxylation is 1. The van der Waals surface area contributed by atoms with Crippen LogP contribution in [-0.2, 0) is 76.6 Å². The Labute approximate surface area is 278 Å². The van der Waals surface area contributed by atoms with Crippen molar-refractivity contribution >= 4 is 33.9 Å². The van der Waals surface area contributed by atoms with Gasteiger partial charge in [-0.25, -0.2) is 13.1 Å². The van der Waals surface area contributed by atoms with Gasteiger partial charge in [0.2, 0.25) is 22.4 Å². The van der Waals surface area contributed by atoms with E-state index in [4.69, 9.17) is 47.4 Å². The summed E-state index contributed by atoms with van der Waals surface area (Å²) in [6, 6.07) is 6.16. The molecule has 0 aromatic heterocycles. The van der Waals surface area contributed by atoms with Crippen LogP contribution in [0.1, 0.15) is 40.2 Å². The van der Waals surface area contributed by atoms with Crippen LogP contribution in [0.4, 0.5) is 0 Å². The van der Waals surface area contributed by atoms with E-state index >= 15 is 0 Å². The summed E-state index contributed by atoms with van der Waals surface area (Å²) in [4.78, 5) is 49.0. The first-order valence-corrected chi connectivity index (χ1v) is 16.3. The Hall–Kier alpha value is -3.23. The van der Waals surface area contributed by atoms with Crippen molar-refractivity contribution < 1.29 is 75.0 Å². The number of hydrogen-bond acceptors (Lipinski definition) is 16. The summed E-state index contributed by atoms with van der Waals surface area (Å²) >= 11 is 0. The molecule has 0 bridgehead atoms. The van der Waals surface area contributed by atoms with Crippen LogP contribution in [0.3, 0.4) is 0 Å². The summed E-state index contributed by atoms with van der Waals surface area (Å²) in [5.74, 6) is -5.65. The fourth-order valence-corrected chi connectivity index (χ4v) is 6.56. The predicted molar refractivity (Wildman–Crippen MR) is 160 cm³/mol. The molecule has 10 atom stereocenters. The van der Waals surface area contributed by atoms with Crippen molar-refractivity contribution in [2.24, 2.45) is 0 Å². The number of benzene rings is 1. The fourth-order valence-electron chi connectivity index (χ4n) is 5.51. The summed E-state index contributed by atoms with van der Waals surface area (Å²) in [6.45, 7) is 6.90. The third-order valence-corrected chi connectivity index (χ3v) is 8.91. The monoisotopic (exact) mass is 705 g/mol. The number of ether oxygens (including phenoxy) is 10. The van der Waals surface area contributed by atoms with Gasteiger partial charge in [-0.15, -0.1) is 0 Å². The summed E-state index contributed by atoms with van der Waals surface area (Å²) < 4.78 is 86.1. The van der Waals surface area contributed by atoms with Gasteiger partial charge in [0, 0.05) is 62.5 Å². The van der Waals surface area contributed by atoms with Gasteiger partial charge in [0.1, 0.15) is 24.4 Å². The highest BCUT2D eigenvalue weighted by molar-refractivity contribution is 7.89. The van der Waals surface area contributed by atoms with E-state index in [-0.39, 0.29) is 4.90 Å². The lowest BCUT2D eigenvalue weighted by Crippen LogP contribution is -2.70. The van der Waals surface area contributed by atoms with Crippen LogP contribution >= 0.6 is 0 Å². The van der Waals surface area contributed by atoms with Gasteiger partial charge in [-0.1, -0.05) is 17.7 Å². The molecule has 2 aliphatic heterocycles. The molecular formula is C30H43NO16S. The molecule has 1 N–H and O–H groups in total. The quantitative estimate of drug-likeness (QED) is 0.219. The number of rotatable bonds is 13. The number of esters is 4. The van der Waals surface area contributed by atoms with Crippen molar-refractivity contribution in [3.05, 3.63) is 29.8 Å². The van der Waals surface area contributed by atoms with Gasteiger partial charge >= 0.3 is 23.9 Å². The van der Waals surface area contributed by atoms with Crippen molar-refractivity contribution in [3.8, 4) is 0 Å². The van der Waals surface area contributed by atoms with Gasteiger partial charge in [0.05, 0.1) is 4.90 Å². The second-order valence-electron chi connectivity index (χ2n) is 11.2. The Balaban J connectivity index is 2.10. The average Bonchev–Trinajstić information content (AvgIpc) is 2.99. The average molecular weight is 706 g/mol. The Kier molecular flexibility index (Phi) is 13.4. The molecule has 17 nitrogen and oxygen atoms in total. The molecule has 0 spiro atoms. The fraction of sp³-hybridized carbons (Fsp3) is 0.667. The van der Waals surface area contributed by atoms with Crippen LogP contribution in [0.5, 0.6) is 0 Å². The second-order valence-corrected chi connectivity index (χ2v) is 13.0. The zero-order valence-electron chi connectivity index (χ0n) is 28.2. The lowest BCUT2D eigenvalue weighted by atomic mass is 9.94. The molecule has 2 saturated heterocycles. The zero-order valence-corrected chi connectivity index (χ0v) is 29.0. The number of nitrogens with one attached hydrogen (secondary N) is 1. The highest BCUT2D eigenvalue weighted by Crippen LogP contribution is 2.39. The van der Waals surface area contributed by atoms with Gasteiger partial charge in [0.15, 0.2) is 18.5 Å². The predicted octanol–water partition coefficient (Wildman–Crippen LogP) is 0.491. The molecular weight excluding hydrogens is 662 g/mol. The maximum absolute atomic E-state index is 13.2. The van der Waals surface area contributed by atoms with Gasteiger partial charge in [-0.05, 0) is 19.1 Å². The summed E-state index contributed by atoms with van der Waals surface area (Å²) in [5, 5.41) is 0. The smallest absolute Gasteiger partial charge is 0.305 e. The van der Waals surface area contributed by atoms with Crippen LogP contribution in [0.15, 0.2) is 29.2 Å². The molecule has 2 aliphatic rings. The minimum atomic E-state index is -4.06. The molecule has 0 saturated carbocycles. The molecule has 1 aromatic rings. The Morgan fingerprint density at radius 3 is 1.81 bits per heavy atom. The number of carbonyl (C=O) groups is 4. The maximum Gasteiger partial charge on any atom is 0.305 e. The summed E-state index contributed by atoms with van der Waals surface area (Å²) in [6.07, 6.45) is -12.2. The highest BCUT2D eigenvalue weighted by atomic mass is 32.2. The molecule has 0 aliphatic carbocycles. The van der Waals surface area contributed by atoms with Gasteiger partial charge in [0.25, 0.3) is 5.79 Å².